The predicted octanol–water partition coefficient (Wildman–Crippen LogP) is 1.73. The van der Waals surface area contributed by atoms with E-state index in [-0.39, 0.29) is 30.5 Å². The average molecular weight is 277 g/mol. The molecule has 0 spiro atoms. The third-order valence-electron chi connectivity index (χ3n) is 2.16. The van der Waals surface area contributed by atoms with Crippen LogP contribution < -0.4 is 10.6 Å². The van der Waals surface area contributed by atoms with E-state index in [2.05, 4.69) is 10.6 Å². The second-order valence-corrected chi connectivity index (χ2v) is 3.70. The molecule has 0 fully saturated rings. The van der Waals surface area contributed by atoms with E-state index in [1.165, 1.54) is 6.07 Å². The first-order valence-electron chi connectivity index (χ1n) is 5.39. The van der Waals surface area contributed by atoms with Gasteiger partial charge in [0.15, 0.2) is 0 Å². The van der Waals surface area contributed by atoms with E-state index in [0.29, 0.717) is 13.2 Å². The normalized spacial score (nSPS) is 9.72. The molecular formula is C12H18ClFN2O2. The van der Waals surface area contributed by atoms with Gasteiger partial charge in [0.25, 0.3) is 0 Å². The van der Waals surface area contributed by atoms with Gasteiger partial charge < -0.3 is 15.4 Å². The molecule has 1 rings (SSSR count). The van der Waals surface area contributed by atoms with Crippen molar-refractivity contribution in [3.05, 3.63) is 29.6 Å². The van der Waals surface area contributed by atoms with Gasteiger partial charge in [-0.1, -0.05) is 6.07 Å². The highest BCUT2D eigenvalue weighted by Crippen LogP contribution is 2.15. The Morgan fingerprint density at radius 2 is 2.17 bits per heavy atom. The van der Waals surface area contributed by atoms with Crippen molar-refractivity contribution < 1.29 is 13.9 Å². The fraction of sp³-hybridized carbons (Fsp3) is 0.417. The Balaban J connectivity index is 0.00000289. The highest BCUT2D eigenvalue weighted by Gasteiger charge is 2.06. The number of rotatable bonds is 6. The third-order valence-corrected chi connectivity index (χ3v) is 2.16. The summed E-state index contributed by atoms with van der Waals surface area (Å²) < 4.78 is 18.1. The van der Waals surface area contributed by atoms with Crippen molar-refractivity contribution >= 4 is 24.0 Å². The van der Waals surface area contributed by atoms with E-state index in [1.54, 1.807) is 19.2 Å². The van der Waals surface area contributed by atoms with Gasteiger partial charge in [-0.2, -0.15) is 0 Å². The number of hydrogen-bond acceptors (Lipinski definition) is 3. The minimum Gasteiger partial charge on any atom is -0.383 e. The number of carbonyl (C=O) groups excluding carboxylic acids is 1. The smallest absolute Gasteiger partial charge is 0.238 e. The van der Waals surface area contributed by atoms with Crippen LogP contribution in [0, 0.1) is 12.7 Å². The van der Waals surface area contributed by atoms with Crippen LogP contribution in [0.3, 0.4) is 0 Å². The Morgan fingerprint density at radius 1 is 1.44 bits per heavy atom. The van der Waals surface area contributed by atoms with Gasteiger partial charge in [-0.3, -0.25) is 4.79 Å². The van der Waals surface area contributed by atoms with E-state index in [0.717, 1.165) is 5.56 Å². The molecule has 0 unspecified atom stereocenters. The van der Waals surface area contributed by atoms with E-state index >= 15 is 0 Å². The van der Waals surface area contributed by atoms with Gasteiger partial charge >= 0.3 is 0 Å². The molecule has 6 heteroatoms. The second kappa shape index (κ2) is 8.85. The molecule has 1 amide bonds. The summed E-state index contributed by atoms with van der Waals surface area (Å²) in [4.78, 5) is 11.5. The van der Waals surface area contributed by atoms with Crippen LogP contribution in [-0.2, 0) is 9.53 Å². The van der Waals surface area contributed by atoms with E-state index in [4.69, 9.17) is 4.74 Å². The number of benzene rings is 1. The molecule has 0 aromatic heterocycles. The Bertz CT molecular complexity index is 388. The van der Waals surface area contributed by atoms with Gasteiger partial charge in [0.1, 0.15) is 5.82 Å². The lowest BCUT2D eigenvalue weighted by molar-refractivity contribution is -0.115. The molecule has 0 bridgehead atoms. The van der Waals surface area contributed by atoms with Gasteiger partial charge in [0, 0.05) is 13.7 Å². The van der Waals surface area contributed by atoms with E-state index < -0.39 is 5.82 Å². The van der Waals surface area contributed by atoms with E-state index in [1.807, 2.05) is 6.92 Å². The predicted molar refractivity (Wildman–Crippen MR) is 71.8 cm³/mol. The molecule has 0 saturated heterocycles. The summed E-state index contributed by atoms with van der Waals surface area (Å²) in [7, 11) is 1.59. The Hall–Kier alpha value is -1.17. The first-order chi connectivity index (χ1) is 8.13. The average Bonchev–Trinajstić information content (AvgIpc) is 2.29. The minimum absolute atomic E-state index is 0. The molecular weight excluding hydrogens is 259 g/mol. The van der Waals surface area contributed by atoms with Gasteiger partial charge in [-0.15, -0.1) is 12.4 Å². The Kier molecular flexibility index (Phi) is 8.28. The molecule has 0 atom stereocenters. The van der Waals surface area contributed by atoms with Crippen LogP contribution in [0.25, 0.3) is 0 Å². The maximum atomic E-state index is 13.3. The second-order valence-electron chi connectivity index (χ2n) is 3.70. The van der Waals surface area contributed by atoms with Crippen molar-refractivity contribution in [3.8, 4) is 0 Å². The number of amides is 1. The molecule has 1 aromatic carbocycles. The zero-order chi connectivity index (χ0) is 12.7. The molecule has 4 nitrogen and oxygen atoms in total. The zero-order valence-corrected chi connectivity index (χ0v) is 11.3. The number of nitrogens with one attached hydrogen (secondary N) is 2. The molecule has 1 aromatic rings. The van der Waals surface area contributed by atoms with Crippen molar-refractivity contribution in [2.45, 2.75) is 6.92 Å². The molecule has 18 heavy (non-hydrogen) atoms. The first kappa shape index (κ1) is 16.8. The number of hydrogen-bond donors (Lipinski definition) is 2. The van der Waals surface area contributed by atoms with Crippen LogP contribution >= 0.6 is 12.4 Å². The SMILES string of the molecule is COCCNCC(=O)Nc1cc(C)ccc1F.Cl. The lowest BCUT2D eigenvalue weighted by atomic mass is 10.2. The van der Waals surface area contributed by atoms with Crippen molar-refractivity contribution in [2.24, 2.45) is 0 Å². The molecule has 0 aliphatic carbocycles. The number of aryl methyl sites for hydroxylation is 1. The number of anilines is 1. The number of methoxy groups -OCH3 is 1. The maximum Gasteiger partial charge on any atom is 0.238 e. The fourth-order valence-electron chi connectivity index (χ4n) is 1.31. The van der Waals surface area contributed by atoms with Crippen molar-refractivity contribution in [1.29, 1.82) is 0 Å². The van der Waals surface area contributed by atoms with Crippen LogP contribution in [-0.4, -0.2) is 32.7 Å². The molecule has 0 aliphatic rings. The Morgan fingerprint density at radius 3 is 2.83 bits per heavy atom. The minimum atomic E-state index is -0.430. The summed E-state index contributed by atoms with van der Waals surface area (Å²) >= 11 is 0. The van der Waals surface area contributed by atoms with Crippen molar-refractivity contribution in [1.82, 2.24) is 5.32 Å². The monoisotopic (exact) mass is 276 g/mol. The molecule has 102 valence electrons. The van der Waals surface area contributed by atoms with Gasteiger partial charge in [0.05, 0.1) is 18.8 Å². The molecule has 2 N–H and O–H groups in total. The molecule has 0 saturated carbocycles. The topological polar surface area (TPSA) is 50.4 Å². The summed E-state index contributed by atoms with van der Waals surface area (Å²) in [5.74, 6) is -0.702. The number of halogens is 2. The number of ether oxygens (including phenoxy) is 1. The first-order valence-corrected chi connectivity index (χ1v) is 5.39. The zero-order valence-electron chi connectivity index (χ0n) is 10.5. The van der Waals surface area contributed by atoms with Crippen LogP contribution in [0.4, 0.5) is 10.1 Å². The number of carbonyl (C=O) groups is 1. The fourth-order valence-corrected chi connectivity index (χ4v) is 1.31. The summed E-state index contributed by atoms with van der Waals surface area (Å²) in [5.41, 5.74) is 1.11. The maximum absolute atomic E-state index is 13.3. The van der Waals surface area contributed by atoms with Gasteiger partial charge in [-0.25, -0.2) is 4.39 Å². The van der Waals surface area contributed by atoms with Crippen LogP contribution in [0.1, 0.15) is 5.56 Å². The summed E-state index contributed by atoms with van der Waals surface area (Å²) in [6.07, 6.45) is 0. The largest absolute Gasteiger partial charge is 0.383 e. The summed E-state index contributed by atoms with van der Waals surface area (Å²) in [6, 6.07) is 4.59. The van der Waals surface area contributed by atoms with Crippen molar-refractivity contribution in [2.75, 3.05) is 32.1 Å². The van der Waals surface area contributed by atoms with Crippen LogP contribution in [0.2, 0.25) is 0 Å². The quantitative estimate of drug-likeness (QED) is 0.778. The third kappa shape index (κ3) is 5.95. The molecule has 0 heterocycles. The van der Waals surface area contributed by atoms with Crippen LogP contribution in [0.5, 0.6) is 0 Å². The molecule has 0 radical (unpaired) electrons. The highest BCUT2D eigenvalue weighted by atomic mass is 35.5. The lowest BCUT2D eigenvalue weighted by Crippen LogP contribution is -2.30. The highest BCUT2D eigenvalue weighted by molar-refractivity contribution is 5.92. The summed E-state index contributed by atoms with van der Waals surface area (Å²) in [5, 5.41) is 5.39. The Labute approximate surface area is 112 Å². The molecule has 0 aliphatic heterocycles. The van der Waals surface area contributed by atoms with Gasteiger partial charge in [0.2, 0.25) is 5.91 Å². The lowest BCUT2D eigenvalue weighted by Gasteiger charge is -2.08. The van der Waals surface area contributed by atoms with Crippen LogP contribution in [0.15, 0.2) is 18.2 Å². The van der Waals surface area contributed by atoms with Crippen molar-refractivity contribution in [3.63, 3.8) is 0 Å². The summed E-state index contributed by atoms with van der Waals surface area (Å²) in [6.45, 7) is 3.09. The standard InChI is InChI=1S/C12H17FN2O2.ClH/c1-9-3-4-10(13)11(7-9)15-12(16)8-14-5-6-17-2;/h3-4,7,14H,5-6,8H2,1-2H3,(H,15,16);1H. The van der Waals surface area contributed by atoms with Gasteiger partial charge in [-0.05, 0) is 24.6 Å². The van der Waals surface area contributed by atoms with E-state index in [9.17, 15) is 9.18 Å².